The molecule has 1 fully saturated rings. The Morgan fingerprint density at radius 3 is 2.96 bits per heavy atom. The van der Waals surface area contributed by atoms with Crippen LogP contribution in [-0.2, 0) is 16.0 Å². The number of imidazole rings is 1. The molecular formula is C18H18N4O2S. The molecule has 128 valence electrons. The molecule has 0 unspecified atom stereocenters. The van der Waals surface area contributed by atoms with Crippen LogP contribution < -0.4 is 10.2 Å². The standard InChI is InChI=1S/C18H18N4O2S/c23-16(19-8-6-13-12-21-10-11-25-18(21)20-13)15-7-9-22(17(15)24)14-4-2-1-3-5-14/h1-5,10-12,15H,6-9H2,(H,19,23)/t15-/m1/s1. The third kappa shape index (κ3) is 3.15. The number of para-hydroxylation sites is 1. The molecule has 0 saturated carbocycles. The van der Waals surface area contributed by atoms with Gasteiger partial charge in [-0.15, -0.1) is 11.3 Å². The molecule has 1 saturated heterocycles. The van der Waals surface area contributed by atoms with Crippen molar-refractivity contribution < 1.29 is 9.59 Å². The number of fused-ring (bicyclic) bond motifs is 1. The van der Waals surface area contributed by atoms with Gasteiger partial charge in [-0.3, -0.25) is 14.0 Å². The maximum Gasteiger partial charge on any atom is 0.239 e. The van der Waals surface area contributed by atoms with E-state index in [9.17, 15) is 9.59 Å². The highest BCUT2D eigenvalue weighted by Crippen LogP contribution is 2.25. The fourth-order valence-electron chi connectivity index (χ4n) is 3.12. The predicted octanol–water partition coefficient (Wildman–Crippen LogP) is 2.11. The highest BCUT2D eigenvalue weighted by molar-refractivity contribution is 7.15. The second-order valence-electron chi connectivity index (χ2n) is 6.03. The van der Waals surface area contributed by atoms with Crippen LogP contribution in [0, 0.1) is 5.92 Å². The normalized spacial score (nSPS) is 17.4. The van der Waals surface area contributed by atoms with Crippen LogP contribution in [0.1, 0.15) is 12.1 Å². The first kappa shape index (κ1) is 15.8. The summed E-state index contributed by atoms with van der Waals surface area (Å²) in [6.45, 7) is 1.07. The van der Waals surface area contributed by atoms with Gasteiger partial charge in [0, 0.05) is 43.0 Å². The lowest BCUT2D eigenvalue weighted by molar-refractivity contribution is -0.132. The fraction of sp³-hybridized carbons (Fsp3) is 0.278. The van der Waals surface area contributed by atoms with E-state index in [1.54, 1.807) is 16.2 Å². The van der Waals surface area contributed by atoms with E-state index in [2.05, 4.69) is 10.3 Å². The first-order valence-electron chi connectivity index (χ1n) is 8.27. The minimum atomic E-state index is -0.592. The number of aromatic nitrogens is 2. The summed E-state index contributed by atoms with van der Waals surface area (Å²) in [6.07, 6.45) is 5.14. The van der Waals surface area contributed by atoms with Gasteiger partial charge in [-0.1, -0.05) is 18.2 Å². The van der Waals surface area contributed by atoms with Crippen molar-refractivity contribution in [1.29, 1.82) is 0 Å². The molecule has 0 aliphatic carbocycles. The van der Waals surface area contributed by atoms with Crippen molar-refractivity contribution in [3.8, 4) is 0 Å². The average molecular weight is 354 g/mol. The predicted molar refractivity (Wildman–Crippen MR) is 96.7 cm³/mol. The molecule has 0 spiro atoms. The van der Waals surface area contributed by atoms with Gasteiger partial charge in [-0.05, 0) is 18.6 Å². The Labute approximate surface area is 149 Å². The number of hydrogen-bond acceptors (Lipinski definition) is 4. The van der Waals surface area contributed by atoms with E-state index in [4.69, 9.17) is 0 Å². The second-order valence-corrected chi connectivity index (χ2v) is 6.91. The van der Waals surface area contributed by atoms with Crippen molar-refractivity contribution in [3.63, 3.8) is 0 Å². The number of nitrogens with one attached hydrogen (secondary N) is 1. The molecular weight excluding hydrogens is 336 g/mol. The van der Waals surface area contributed by atoms with Gasteiger partial charge in [-0.2, -0.15) is 0 Å². The Morgan fingerprint density at radius 1 is 1.32 bits per heavy atom. The van der Waals surface area contributed by atoms with E-state index in [0.29, 0.717) is 25.9 Å². The van der Waals surface area contributed by atoms with Gasteiger partial charge in [0.1, 0.15) is 5.92 Å². The van der Waals surface area contributed by atoms with E-state index >= 15 is 0 Å². The Hall–Kier alpha value is -2.67. The summed E-state index contributed by atoms with van der Waals surface area (Å²) in [7, 11) is 0. The van der Waals surface area contributed by atoms with E-state index in [1.807, 2.05) is 52.5 Å². The zero-order chi connectivity index (χ0) is 17.2. The topological polar surface area (TPSA) is 66.7 Å². The third-order valence-electron chi connectivity index (χ3n) is 4.41. The lowest BCUT2D eigenvalue weighted by Crippen LogP contribution is -2.37. The molecule has 3 heterocycles. The summed E-state index contributed by atoms with van der Waals surface area (Å²) in [4.78, 5) is 32.0. The van der Waals surface area contributed by atoms with E-state index in [1.165, 1.54) is 0 Å². The Kier molecular flexibility index (Phi) is 4.23. The number of thiazole rings is 1. The molecule has 0 radical (unpaired) electrons. The van der Waals surface area contributed by atoms with Gasteiger partial charge in [-0.25, -0.2) is 4.98 Å². The van der Waals surface area contributed by atoms with Crippen molar-refractivity contribution in [2.45, 2.75) is 12.8 Å². The van der Waals surface area contributed by atoms with Gasteiger partial charge in [0.05, 0.1) is 5.69 Å². The molecule has 1 aromatic carbocycles. The van der Waals surface area contributed by atoms with Crippen LogP contribution >= 0.6 is 11.3 Å². The molecule has 1 atom stereocenters. The lowest BCUT2D eigenvalue weighted by atomic mass is 10.1. The average Bonchev–Trinajstić information content (AvgIpc) is 3.30. The monoisotopic (exact) mass is 354 g/mol. The first-order chi connectivity index (χ1) is 12.2. The number of amides is 2. The van der Waals surface area contributed by atoms with Crippen LogP contribution in [0.5, 0.6) is 0 Å². The van der Waals surface area contributed by atoms with Crippen molar-refractivity contribution >= 4 is 33.8 Å². The number of carbonyl (C=O) groups is 2. The smallest absolute Gasteiger partial charge is 0.239 e. The second kappa shape index (κ2) is 6.68. The number of anilines is 1. The molecule has 1 aliphatic heterocycles. The van der Waals surface area contributed by atoms with Gasteiger partial charge < -0.3 is 10.2 Å². The number of carbonyl (C=O) groups excluding carboxylic acids is 2. The highest BCUT2D eigenvalue weighted by Gasteiger charge is 2.37. The largest absolute Gasteiger partial charge is 0.355 e. The molecule has 7 heteroatoms. The van der Waals surface area contributed by atoms with Gasteiger partial charge in [0.25, 0.3) is 0 Å². The Bertz CT molecular complexity index is 874. The number of nitrogens with zero attached hydrogens (tertiary/aromatic N) is 3. The first-order valence-corrected chi connectivity index (χ1v) is 9.15. The van der Waals surface area contributed by atoms with Crippen molar-refractivity contribution in [2.24, 2.45) is 5.92 Å². The summed E-state index contributed by atoms with van der Waals surface area (Å²) in [5.74, 6) is -0.902. The lowest BCUT2D eigenvalue weighted by Gasteiger charge is -2.16. The maximum absolute atomic E-state index is 12.5. The molecule has 2 amide bonds. The third-order valence-corrected chi connectivity index (χ3v) is 5.18. The molecule has 6 nitrogen and oxygen atoms in total. The maximum atomic E-state index is 12.5. The molecule has 2 aromatic heterocycles. The van der Waals surface area contributed by atoms with E-state index < -0.39 is 5.92 Å². The van der Waals surface area contributed by atoms with Gasteiger partial charge >= 0.3 is 0 Å². The summed E-state index contributed by atoms with van der Waals surface area (Å²) in [5, 5.41) is 4.86. The fourth-order valence-corrected chi connectivity index (χ4v) is 3.84. The Balaban J connectivity index is 1.32. The molecule has 1 N–H and O–H groups in total. The molecule has 0 bridgehead atoms. The van der Waals surface area contributed by atoms with E-state index in [-0.39, 0.29) is 11.8 Å². The summed E-state index contributed by atoms with van der Waals surface area (Å²) in [5.41, 5.74) is 1.79. The van der Waals surface area contributed by atoms with Crippen LogP contribution in [0.3, 0.4) is 0 Å². The van der Waals surface area contributed by atoms with Crippen molar-refractivity contribution in [2.75, 3.05) is 18.0 Å². The van der Waals surface area contributed by atoms with Crippen molar-refractivity contribution in [1.82, 2.24) is 14.7 Å². The SMILES string of the molecule is O=C(NCCc1cn2ccsc2n1)[C@H]1CCN(c2ccccc2)C1=O. The zero-order valence-electron chi connectivity index (χ0n) is 13.6. The minimum absolute atomic E-state index is 0.119. The van der Waals surface area contributed by atoms with Crippen LogP contribution in [0.25, 0.3) is 4.96 Å². The molecule has 3 aromatic rings. The van der Waals surface area contributed by atoms with Crippen LogP contribution in [0.15, 0.2) is 48.1 Å². The van der Waals surface area contributed by atoms with Gasteiger partial charge in [0.15, 0.2) is 4.96 Å². The van der Waals surface area contributed by atoms with Gasteiger partial charge in [0.2, 0.25) is 11.8 Å². The summed E-state index contributed by atoms with van der Waals surface area (Å²) < 4.78 is 1.97. The summed E-state index contributed by atoms with van der Waals surface area (Å²) >= 11 is 1.58. The molecule has 4 rings (SSSR count). The number of benzene rings is 1. The number of rotatable bonds is 5. The van der Waals surface area contributed by atoms with Crippen LogP contribution in [0.2, 0.25) is 0 Å². The Morgan fingerprint density at radius 2 is 2.16 bits per heavy atom. The highest BCUT2D eigenvalue weighted by atomic mass is 32.1. The van der Waals surface area contributed by atoms with E-state index in [0.717, 1.165) is 16.3 Å². The van der Waals surface area contributed by atoms with Crippen LogP contribution in [-0.4, -0.2) is 34.3 Å². The zero-order valence-corrected chi connectivity index (χ0v) is 14.4. The summed E-state index contributed by atoms with van der Waals surface area (Å²) in [6, 6.07) is 9.48. The number of hydrogen-bond donors (Lipinski definition) is 1. The quantitative estimate of drug-likeness (QED) is 0.714. The molecule has 1 aliphatic rings. The van der Waals surface area contributed by atoms with Crippen LogP contribution in [0.4, 0.5) is 5.69 Å². The molecule has 25 heavy (non-hydrogen) atoms. The minimum Gasteiger partial charge on any atom is -0.355 e. The van der Waals surface area contributed by atoms with Crippen molar-refractivity contribution in [3.05, 3.63) is 53.8 Å².